The quantitative estimate of drug-likeness (QED) is 0.364. The molecule has 0 bridgehead atoms. The van der Waals surface area contributed by atoms with Gasteiger partial charge in [-0.2, -0.15) is 13.2 Å². The van der Waals surface area contributed by atoms with Gasteiger partial charge in [0.05, 0.1) is 19.3 Å². The summed E-state index contributed by atoms with van der Waals surface area (Å²) < 4.78 is 51.2. The fourth-order valence-corrected chi connectivity index (χ4v) is 3.71. The third kappa shape index (κ3) is 4.69. The number of methoxy groups -OCH3 is 1. The summed E-state index contributed by atoms with van der Waals surface area (Å²) in [4.78, 5) is 36.7. The molecule has 0 fully saturated rings. The number of amides is 1. The number of halogens is 4. The summed E-state index contributed by atoms with van der Waals surface area (Å²) in [6.07, 6.45) is -4.99. The molecule has 0 radical (unpaired) electrons. The second-order valence-electron chi connectivity index (χ2n) is 5.46. The molecule has 0 aliphatic heterocycles. The molecule has 1 amide bonds. The smallest absolute Gasteiger partial charge is 0.441 e. The molecule has 0 spiro atoms. The average Bonchev–Trinajstić information content (AvgIpc) is 2.94. The van der Waals surface area contributed by atoms with Crippen LogP contribution in [0.15, 0.2) is 0 Å². The van der Waals surface area contributed by atoms with Crippen molar-refractivity contribution >= 4 is 45.8 Å². The van der Waals surface area contributed by atoms with E-state index in [1.54, 1.807) is 19.2 Å². The molecule has 1 heterocycles. The number of rotatable bonds is 8. The molecule has 7 nitrogen and oxygen atoms in total. The van der Waals surface area contributed by atoms with Crippen molar-refractivity contribution in [2.75, 3.05) is 24.9 Å². The fraction of sp³-hybridized carbons (Fsp3) is 0.562. The largest absolute Gasteiger partial charge is 0.465 e. The molecule has 158 valence electrons. The third-order valence-corrected chi connectivity index (χ3v) is 5.01. The van der Waals surface area contributed by atoms with Gasteiger partial charge in [-0.3, -0.25) is 4.79 Å². The Morgan fingerprint density at radius 2 is 1.82 bits per heavy atom. The van der Waals surface area contributed by atoms with Gasteiger partial charge < -0.3 is 20.1 Å². The van der Waals surface area contributed by atoms with Crippen LogP contribution in [0.1, 0.15) is 34.6 Å². The van der Waals surface area contributed by atoms with Crippen LogP contribution < -0.4 is 10.6 Å². The van der Waals surface area contributed by atoms with Crippen molar-refractivity contribution in [1.82, 2.24) is 5.32 Å². The normalized spacial score (nSPS) is 13.4. The lowest BCUT2D eigenvalue weighted by molar-refractivity contribution is -0.207. The zero-order valence-corrected chi connectivity index (χ0v) is 17.2. The second kappa shape index (κ2) is 9.46. The van der Waals surface area contributed by atoms with Crippen LogP contribution in [0.3, 0.4) is 0 Å². The van der Waals surface area contributed by atoms with E-state index in [9.17, 15) is 27.6 Å². The lowest BCUT2D eigenvalue weighted by Gasteiger charge is -2.35. The van der Waals surface area contributed by atoms with E-state index in [1.807, 2.05) is 5.32 Å². The minimum Gasteiger partial charge on any atom is -0.465 e. The van der Waals surface area contributed by atoms with E-state index in [-0.39, 0.29) is 17.2 Å². The number of carbonyl (C=O) groups excluding carboxylic acids is 3. The fourth-order valence-electron chi connectivity index (χ4n) is 2.45. The maximum absolute atomic E-state index is 14.0. The van der Waals surface area contributed by atoms with Crippen LogP contribution in [-0.4, -0.2) is 49.3 Å². The number of alkyl halides is 4. The van der Waals surface area contributed by atoms with Gasteiger partial charge in [0.25, 0.3) is 0 Å². The summed E-state index contributed by atoms with van der Waals surface area (Å²) in [6, 6.07) is 0. The van der Waals surface area contributed by atoms with Crippen LogP contribution in [0.4, 0.5) is 18.2 Å². The van der Waals surface area contributed by atoms with Crippen LogP contribution in [0.2, 0.25) is 0 Å². The van der Waals surface area contributed by atoms with Gasteiger partial charge in [0.2, 0.25) is 5.91 Å². The van der Waals surface area contributed by atoms with E-state index >= 15 is 0 Å². The first-order valence-electron chi connectivity index (χ1n) is 8.08. The summed E-state index contributed by atoms with van der Waals surface area (Å²) >= 11 is 6.14. The van der Waals surface area contributed by atoms with E-state index < -0.39 is 35.6 Å². The minimum atomic E-state index is -5.32. The molecular weight excluding hydrogens is 425 g/mol. The molecule has 1 aromatic heterocycles. The Kier molecular flexibility index (Phi) is 8.12. The molecule has 2 N–H and O–H groups in total. The molecule has 0 aliphatic rings. The summed E-state index contributed by atoms with van der Waals surface area (Å²) in [5, 5.41) is 3.26. The zero-order valence-electron chi connectivity index (χ0n) is 15.6. The first-order valence-corrected chi connectivity index (χ1v) is 9.43. The first-order chi connectivity index (χ1) is 13.0. The van der Waals surface area contributed by atoms with Gasteiger partial charge in [-0.05, 0) is 25.8 Å². The molecule has 0 aromatic carbocycles. The maximum atomic E-state index is 14.0. The molecule has 28 heavy (non-hydrogen) atoms. The van der Waals surface area contributed by atoms with Crippen molar-refractivity contribution in [3.05, 3.63) is 16.0 Å². The van der Waals surface area contributed by atoms with Crippen molar-refractivity contribution < 1.29 is 37.0 Å². The molecule has 1 atom stereocenters. The minimum absolute atomic E-state index is 0.148. The molecule has 0 unspecified atom stereocenters. The number of aryl methyl sites for hydroxylation is 1. The van der Waals surface area contributed by atoms with E-state index in [0.717, 1.165) is 18.4 Å². The van der Waals surface area contributed by atoms with Crippen LogP contribution in [-0.2, 0) is 25.5 Å². The number of carbonyl (C=O) groups is 3. The van der Waals surface area contributed by atoms with Crippen molar-refractivity contribution in [1.29, 1.82) is 0 Å². The number of thiophene rings is 1. The van der Waals surface area contributed by atoms with Gasteiger partial charge in [-0.25, -0.2) is 9.59 Å². The van der Waals surface area contributed by atoms with E-state index in [0.29, 0.717) is 16.9 Å². The summed E-state index contributed by atoms with van der Waals surface area (Å²) in [7, 11) is 1.08. The highest BCUT2D eigenvalue weighted by molar-refractivity contribution is 7.16. The van der Waals surface area contributed by atoms with Gasteiger partial charge in [0.15, 0.2) is 0 Å². The molecule has 0 saturated carbocycles. The Bertz CT molecular complexity index is 753. The van der Waals surface area contributed by atoms with Gasteiger partial charge in [0.1, 0.15) is 10.9 Å². The van der Waals surface area contributed by atoms with Crippen molar-refractivity contribution in [2.45, 2.75) is 39.0 Å². The number of nitrogens with one attached hydrogen (secondary N) is 2. The SMILES string of the molecule is CCOC(=O)[C@](NC(=O)CCl)(Nc1sc(C)c(CC)c1C(=O)OC)C(F)(F)F. The highest BCUT2D eigenvalue weighted by Crippen LogP contribution is 2.40. The number of anilines is 1. The Labute approximate surface area is 168 Å². The van der Waals surface area contributed by atoms with Crippen LogP contribution >= 0.6 is 22.9 Å². The predicted octanol–water partition coefficient (Wildman–Crippen LogP) is 2.99. The van der Waals surface area contributed by atoms with Gasteiger partial charge in [-0.1, -0.05) is 6.92 Å². The van der Waals surface area contributed by atoms with Crippen molar-refractivity contribution in [2.24, 2.45) is 0 Å². The molecule has 1 aromatic rings. The lowest BCUT2D eigenvalue weighted by atomic mass is 10.1. The number of hydrogen-bond acceptors (Lipinski definition) is 7. The summed E-state index contributed by atoms with van der Waals surface area (Å²) in [6.45, 7) is 4.26. The Morgan fingerprint density at radius 1 is 1.21 bits per heavy atom. The van der Waals surface area contributed by atoms with Crippen LogP contribution in [0.5, 0.6) is 0 Å². The lowest BCUT2D eigenvalue weighted by Crippen LogP contribution is -2.69. The topological polar surface area (TPSA) is 93.7 Å². The molecule has 0 aliphatic carbocycles. The highest BCUT2D eigenvalue weighted by Gasteiger charge is 2.64. The Hall–Kier alpha value is -2.01. The third-order valence-electron chi connectivity index (χ3n) is 3.71. The summed E-state index contributed by atoms with van der Waals surface area (Å²) in [5.41, 5.74) is -3.33. The van der Waals surface area contributed by atoms with Crippen molar-refractivity contribution in [3.8, 4) is 0 Å². The second-order valence-corrected chi connectivity index (χ2v) is 6.95. The highest BCUT2D eigenvalue weighted by atomic mass is 35.5. The van der Waals surface area contributed by atoms with E-state index in [2.05, 4.69) is 9.47 Å². The van der Waals surface area contributed by atoms with Crippen molar-refractivity contribution in [3.63, 3.8) is 0 Å². The average molecular weight is 445 g/mol. The predicted molar refractivity (Wildman–Crippen MR) is 97.7 cm³/mol. The summed E-state index contributed by atoms with van der Waals surface area (Å²) in [5.74, 6) is -4.76. The maximum Gasteiger partial charge on any atom is 0.441 e. The zero-order chi connectivity index (χ0) is 21.7. The Balaban J connectivity index is 3.67. The monoisotopic (exact) mass is 444 g/mol. The molecule has 1 rings (SSSR count). The number of esters is 2. The van der Waals surface area contributed by atoms with Crippen LogP contribution in [0, 0.1) is 6.92 Å². The molecular formula is C16H20ClF3N2O5S. The number of ether oxygens (including phenoxy) is 2. The standard InChI is InChI=1S/C16H20ClF3N2O5S/c1-5-9-8(3)28-12(11(9)13(24)26-4)22-15(16(18,19)20,14(25)27-6-2)21-10(23)7-17/h22H,5-7H2,1-4H3,(H,21,23)/t15-/m0/s1. The van der Waals surface area contributed by atoms with Gasteiger partial charge >= 0.3 is 23.8 Å². The van der Waals surface area contributed by atoms with Crippen LogP contribution in [0.25, 0.3) is 0 Å². The van der Waals surface area contributed by atoms with Gasteiger partial charge in [-0.15, -0.1) is 22.9 Å². The molecule has 0 saturated heterocycles. The molecule has 12 heteroatoms. The first kappa shape index (κ1) is 24.0. The van der Waals surface area contributed by atoms with E-state index in [1.165, 1.54) is 6.92 Å². The number of hydrogen-bond donors (Lipinski definition) is 2. The Morgan fingerprint density at radius 3 is 2.25 bits per heavy atom. The van der Waals surface area contributed by atoms with Gasteiger partial charge in [0, 0.05) is 4.88 Å². The van der Waals surface area contributed by atoms with E-state index in [4.69, 9.17) is 11.6 Å².